The lowest BCUT2D eigenvalue weighted by Crippen LogP contribution is -2.31. The summed E-state index contributed by atoms with van der Waals surface area (Å²) in [6.07, 6.45) is 1.44. The molecule has 4 rings (SSSR count). The first-order valence-corrected chi connectivity index (χ1v) is 13.6. The van der Waals surface area contributed by atoms with Crippen molar-refractivity contribution in [1.82, 2.24) is 9.55 Å². The summed E-state index contributed by atoms with van der Waals surface area (Å²) < 4.78 is 50.0. The molecule has 39 heavy (non-hydrogen) atoms. The van der Waals surface area contributed by atoms with Gasteiger partial charge in [-0.3, -0.25) is 14.3 Å². The lowest BCUT2D eigenvalue weighted by molar-refractivity contribution is -0.0439. The monoisotopic (exact) mass is 562 g/mol. The van der Waals surface area contributed by atoms with E-state index in [2.05, 4.69) is 4.98 Å². The van der Waals surface area contributed by atoms with E-state index in [4.69, 9.17) is 27.8 Å². The molecule has 1 N–H and O–H groups in total. The van der Waals surface area contributed by atoms with Crippen LogP contribution >= 0.6 is 8.60 Å². The van der Waals surface area contributed by atoms with E-state index < -0.39 is 32.2 Å². The predicted octanol–water partition coefficient (Wildman–Crippen LogP) is 4.06. The van der Waals surface area contributed by atoms with Crippen LogP contribution in [0.15, 0.2) is 76.4 Å². The second-order valence-electron chi connectivity index (χ2n) is 8.90. The summed E-state index contributed by atoms with van der Waals surface area (Å²) in [4.78, 5) is 25.7. The van der Waals surface area contributed by atoms with Gasteiger partial charge in [0.15, 0.2) is 0 Å². The molecule has 1 aliphatic heterocycles. The minimum absolute atomic E-state index is 0.130. The average Bonchev–Trinajstić information content (AvgIpc) is 3.40. The molecule has 2 heterocycles. The van der Waals surface area contributed by atoms with Gasteiger partial charge in [0.25, 0.3) is 5.56 Å². The molecule has 4 atom stereocenters. The highest BCUT2D eigenvalue weighted by Gasteiger charge is 2.29. The van der Waals surface area contributed by atoms with Crippen LogP contribution in [-0.4, -0.2) is 48.7 Å². The number of hydrogen-bond donors (Lipinski definition) is 1. The van der Waals surface area contributed by atoms with Crippen molar-refractivity contribution in [3.8, 4) is 0 Å². The molecule has 0 amide bonds. The Hall–Kier alpha value is -2.76. The molecule has 1 aliphatic rings. The second-order valence-corrected chi connectivity index (χ2v) is 10.1. The van der Waals surface area contributed by atoms with Crippen LogP contribution in [0.4, 0.5) is 4.39 Å². The molecule has 1 saturated heterocycles. The highest BCUT2D eigenvalue weighted by Crippen LogP contribution is 2.42. The van der Waals surface area contributed by atoms with E-state index in [9.17, 15) is 14.0 Å². The van der Waals surface area contributed by atoms with Crippen molar-refractivity contribution in [2.45, 2.75) is 44.5 Å². The molecule has 0 radical (unpaired) electrons. The van der Waals surface area contributed by atoms with Gasteiger partial charge in [-0.1, -0.05) is 42.5 Å². The van der Waals surface area contributed by atoms with Gasteiger partial charge in [0.05, 0.1) is 39.1 Å². The summed E-state index contributed by atoms with van der Waals surface area (Å²) >= 11 is 0. The first-order chi connectivity index (χ1) is 19.0. The molecule has 3 aromatic rings. The SMILES string of the molecule is COCC(COP(OCc1ccccc1)OCC1CCC(n2ccc(=O)[nH]c2=O)O1)OCc1cccc(F)c1. The number of H-pyrrole nitrogens is 1. The van der Waals surface area contributed by atoms with E-state index in [0.717, 1.165) is 5.56 Å². The lowest BCUT2D eigenvalue weighted by atomic mass is 10.2. The van der Waals surface area contributed by atoms with Crippen molar-refractivity contribution < 1.29 is 32.2 Å². The van der Waals surface area contributed by atoms with E-state index in [0.29, 0.717) is 18.4 Å². The molecule has 1 aromatic heterocycles. The summed E-state index contributed by atoms with van der Waals surface area (Å²) in [5, 5.41) is 0. The van der Waals surface area contributed by atoms with Crippen molar-refractivity contribution in [1.29, 1.82) is 0 Å². The molecular weight excluding hydrogens is 530 g/mol. The van der Waals surface area contributed by atoms with Crippen molar-refractivity contribution in [3.05, 3.63) is 105 Å². The predicted molar refractivity (Wildman–Crippen MR) is 141 cm³/mol. The fourth-order valence-corrected chi connectivity index (χ4v) is 4.99. The van der Waals surface area contributed by atoms with Crippen LogP contribution in [0.2, 0.25) is 0 Å². The Morgan fingerprint density at radius 3 is 2.59 bits per heavy atom. The maximum atomic E-state index is 13.5. The maximum absolute atomic E-state index is 13.5. The zero-order valence-electron chi connectivity index (χ0n) is 21.6. The summed E-state index contributed by atoms with van der Waals surface area (Å²) in [6, 6.07) is 17.1. The number of aromatic amines is 1. The molecule has 0 bridgehead atoms. The number of methoxy groups -OCH3 is 1. The molecule has 12 heteroatoms. The van der Waals surface area contributed by atoms with E-state index in [1.54, 1.807) is 19.2 Å². The Kier molecular flexibility index (Phi) is 11.3. The van der Waals surface area contributed by atoms with Gasteiger partial charge in [-0.15, -0.1) is 0 Å². The molecule has 10 nitrogen and oxygen atoms in total. The molecule has 2 aromatic carbocycles. The highest BCUT2D eigenvalue weighted by molar-refractivity contribution is 7.41. The Morgan fingerprint density at radius 2 is 1.82 bits per heavy atom. The zero-order valence-corrected chi connectivity index (χ0v) is 22.5. The number of aromatic nitrogens is 2. The van der Waals surface area contributed by atoms with Crippen molar-refractivity contribution >= 4 is 8.60 Å². The number of rotatable bonds is 15. The molecule has 0 aliphatic carbocycles. The van der Waals surface area contributed by atoms with Gasteiger partial charge in [0.2, 0.25) is 0 Å². The molecule has 210 valence electrons. The van der Waals surface area contributed by atoms with Gasteiger partial charge in [0, 0.05) is 19.4 Å². The first kappa shape index (κ1) is 29.2. The smallest absolute Gasteiger partial charge is 0.333 e. The fourth-order valence-electron chi connectivity index (χ4n) is 3.94. The number of hydrogen-bond acceptors (Lipinski definition) is 8. The van der Waals surface area contributed by atoms with Gasteiger partial charge >= 0.3 is 14.3 Å². The average molecular weight is 563 g/mol. The third kappa shape index (κ3) is 9.44. The van der Waals surface area contributed by atoms with Crippen LogP contribution in [0.5, 0.6) is 0 Å². The summed E-state index contributed by atoms with van der Waals surface area (Å²) in [6.45, 7) is 1.06. The molecule has 0 saturated carbocycles. The van der Waals surface area contributed by atoms with E-state index in [1.807, 2.05) is 30.3 Å². The number of nitrogens with one attached hydrogen (secondary N) is 1. The van der Waals surface area contributed by atoms with Crippen LogP contribution in [0.1, 0.15) is 30.2 Å². The normalized spacial score (nSPS) is 18.7. The highest BCUT2D eigenvalue weighted by atomic mass is 31.2. The van der Waals surface area contributed by atoms with Crippen LogP contribution in [0.3, 0.4) is 0 Å². The minimum atomic E-state index is -1.78. The summed E-state index contributed by atoms with van der Waals surface area (Å²) in [7, 11) is -0.224. The second kappa shape index (κ2) is 15.1. The maximum Gasteiger partial charge on any atom is 0.333 e. The zero-order chi connectivity index (χ0) is 27.5. The van der Waals surface area contributed by atoms with Crippen LogP contribution in [0.25, 0.3) is 0 Å². The van der Waals surface area contributed by atoms with E-state index >= 15 is 0 Å². The third-order valence-electron chi connectivity index (χ3n) is 5.88. The van der Waals surface area contributed by atoms with Crippen LogP contribution in [-0.2, 0) is 41.0 Å². The van der Waals surface area contributed by atoms with Crippen molar-refractivity contribution in [3.63, 3.8) is 0 Å². The number of ether oxygens (including phenoxy) is 3. The first-order valence-electron chi connectivity index (χ1n) is 12.5. The topological polar surface area (TPSA) is 110 Å². The van der Waals surface area contributed by atoms with E-state index in [-0.39, 0.29) is 45.0 Å². The minimum Gasteiger partial charge on any atom is -0.382 e. The van der Waals surface area contributed by atoms with Gasteiger partial charge in [0.1, 0.15) is 18.1 Å². The Morgan fingerprint density at radius 1 is 1.00 bits per heavy atom. The Labute approximate surface area is 226 Å². The Balaban J connectivity index is 1.32. The van der Waals surface area contributed by atoms with Crippen molar-refractivity contribution in [2.75, 3.05) is 26.9 Å². The molecule has 1 fully saturated rings. The van der Waals surface area contributed by atoms with Gasteiger partial charge in [-0.25, -0.2) is 9.18 Å². The molecule has 0 spiro atoms. The molecular formula is C27H32FN2O8P. The van der Waals surface area contributed by atoms with Crippen molar-refractivity contribution in [2.24, 2.45) is 0 Å². The summed E-state index contributed by atoms with van der Waals surface area (Å²) in [5.41, 5.74) is 0.680. The number of halogens is 1. The van der Waals surface area contributed by atoms with Gasteiger partial charge < -0.3 is 27.8 Å². The largest absolute Gasteiger partial charge is 0.382 e. The van der Waals surface area contributed by atoms with Crippen LogP contribution in [0, 0.1) is 5.82 Å². The van der Waals surface area contributed by atoms with Gasteiger partial charge in [-0.2, -0.15) is 0 Å². The number of benzene rings is 2. The third-order valence-corrected chi connectivity index (χ3v) is 6.94. The number of nitrogens with zero attached hydrogens (tertiary/aromatic N) is 1. The van der Waals surface area contributed by atoms with Crippen LogP contribution < -0.4 is 11.2 Å². The molecule has 4 unspecified atom stereocenters. The quantitative estimate of drug-likeness (QED) is 0.276. The van der Waals surface area contributed by atoms with E-state index in [1.165, 1.54) is 29.0 Å². The lowest BCUT2D eigenvalue weighted by Gasteiger charge is -2.22. The Bertz CT molecular complexity index is 1270. The van der Waals surface area contributed by atoms with Gasteiger partial charge in [-0.05, 0) is 36.1 Å². The standard InChI is InChI=1S/C27H32FN2O8P/c1-33-17-24(34-15-21-8-5-9-22(28)14-21)19-37-39(35-16-20-6-3-2-4-7-20)36-18-23-10-11-26(38-23)30-13-12-25(31)29-27(30)32/h2-9,12-14,23-24,26H,10-11,15-19H2,1H3,(H,29,31,32). The summed E-state index contributed by atoms with van der Waals surface area (Å²) in [5.74, 6) is -0.330. The fraction of sp³-hybridized carbons (Fsp3) is 0.407.